The van der Waals surface area contributed by atoms with Crippen molar-refractivity contribution in [3.05, 3.63) is 78.4 Å². The van der Waals surface area contributed by atoms with Crippen LogP contribution in [0.15, 0.2) is 77.7 Å². The number of carbonyl (C=O) groups excluding carboxylic acids is 1. The first-order valence-electron chi connectivity index (χ1n) is 10.2. The smallest absolute Gasteiger partial charge is 0.231 e. The molecular weight excluding hydrogens is 380 g/mol. The van der Waals surface area contributed by atoms with Crippen molar-refractivity contribution in [3.8, 4) is 0 Å². The van der Waals surface area contributed by atoms with E-state index in [0.717, 1.165) is 43.3 Å². The van der Waals surface area contributed by atoms with Crippen LogP contribution >= 0.6 is 11.8 Å². The standard InChI is InChI=1S/C24H26N2O2S/c27-24(18-29-22-11-10-19-6-4-5-9-21(19)16-22)25-23(20-7-2-1-3-8-20)17-26-12-14-28-15-13-26/h1-11,16,23H,12-15,17-18H2,(H,25,27)/p+1/t23-/m0/s1. The highest BCUT2D eigenvalue weighted by molar-refractivity contribution is 8.00. The lowest BCUT2D eigenvalue weighted by Gasteiger charge is -2.28. The van der Waals surface area contributed by atoms with E-state index in [0.29, 0.717) is 5.75 Å². The first kappa shape index (κ1) is 20.0. The van der Waals surface area contributed by atoms with E-state index >= 15 is 0 Å². The van der Waals surface area contributed by atoms with Gasteiger partial charge >= 0.3 is 0 Å². The largest absolute Gasteiger partial charge is 0.370 e. The average molecular weight is 408 g/mol. The highest BCUT2D eigenvalue weighted by atomic mass is 32.2. The molecule has 4 nitrogen and oxygen atoms in total. The van der Waals surface area contributed by atoms with Crippen LogP contribution in [0.2, 0.25) is 0 Å². The number of amides is 1. The highest BCUT2D eigenvalue weighted by Crippen LogP contribution is 2.23. The molecule has 2 N–H and O–H groups in total. The van der Waals surface area contributed by atoms with Gasteiger partial charge in [-0.15, -0.1) is 11.8 Å². The lowest BCUT2D eigenvalue weighted by Crippen LogP contribution is -3.14. The number of thioether (sulfide) groups is 1. The minimum atomic E-state index is 0.0222. The molecule has 150 valence electrons. The molecule has 1 aliphatic heterocycles. The van der Waals surface area contributed by atoms with Gasteiger partial charge in [0.1, 0.15) is 25.7 Å². The van der Waals surface area contributed by atoms with Gasteiger partial charge in [0.05, 0.1) is 19.0 Å². The fourth-order valence-electron chi connectivity index (χ4n) is 3.73. The van der Waals surface area contributed by atoms with E-state index < -0.39 is 0 Å². The topological polar surface area (TPSA) is 42.8 Å². The number of nitrogens with one attached hydrogen (secondary N) is 2. The van der Waals surface area contributed by atoms with Crippen LogP contribution in [-0.2, 0) is 9.53 Å². The van der Waals surface area contributed by atoms with Gasteiger partial charge in [-0.3, -0.25) is 4.79 Å². The van der Waals surface area contributed by atoms with Gasteiger partial charge in [-0.2, -0.15) is 0 Å². The maximum Gasteiger partial charge on any atom is 0.231 e. The van der Waals surface area contributed by atoms with Gasteiger partial charge in [-0.25, -0.2) is 0 Å². The average Bonchev–Trinajstić information content (AvgIpc) is 2.78. The predicted molar refractivity (Wildman–Crippen MR) is 118 cm³/mol. The molecule has 3 aromatic rings. The maximum atomic E-state index is 12.7. The molecule has 0 radical (unpaired) electrons. The number of rotatable bonds is 7. The molecular formula is C24H27N2O2S+. The van der Waals surface area contributed by atoms with Gasteiger partial charge in [0.15, 0.2) is 0 Å². The molecule has 4 rings (SSSR count). The van der Waals surface area contributed by atoms with Crippen LogP contribution in [0.5, 0.6) is 0 Å². The quantitative estimate of drug-likeness (QED) is 0.592. The van der Waals surface area contributed by atoms with Crippen molar-refractivity contribution in [1.29, 1.82) is 0 Å². The second-order valence-electron chi connectivity index (χ2n) is 7.39. The Bertz CT molecular complexity index is 942. The monoisotopic (exact) mass is 407 g/mol. The molecule has 0 unspecified atom stereocenters. The number of hydrogen-bond acceptors (Lipinski definition) is 3. The number of morpholine rings is 1. The van der Waals surface area contributed by atoms with E-state index in [1.165, 1.54) is 15.7 Å². The Morgan fingerprint density at radius 1 is 0.966 bits per heavy atom. The van der Waals surface area contributed by atoms with Crippen molar-refractivity contribution in [1.82, 2.24) is 5.32 Å². The predicted octanol–water partition coefficient (Wildman–Crippen LogP) is 2.70. The summed E-state index contributed by atoms with van der Waals surface area (Å²) in [5.74, 6) is 0.491. The van der Waals surface area contributed by atoms with Crippen LogP contribution in [0.3, 0.4) is 0 Å². The number of carbonyl (C=O) groups is 1. The molecule has 29 heavy (non-hydrogen) atoms. The van der Waals surface area contributed by atoms with Crippen molar-refractivity contribution >= 4 is 28.4 Å². The molecule has 1 saturated heterocycles. The minimum Gasteiger partial charge on any atom is -0.370 e. The van der Waals surface area contributed by atoms with Gasteiger partial charge in [0, 0.05) is 4.90 Å². The van der Waals surface area contributed by atoms with E-state index in [4.69, 9.17) is 4.74 Å². The van der Waals surface area contributed by atoms with Crippen molar-refractivity contribution in [2.45, 2.75) is 10.9 Å². The first-order valence-corrected chi connectivity index (χ1v) is 11.1. The summed E-state index contributed by atoms with van der Waals surface area (Å²) < 4.78 is 5.47. The summed E-state index contributed by atoms with van der Waals surface area (Å²) in [6.07, 6.45) is 0. The van der Waals surface area contributed by atoms with Gasteiger partial charge in [0.2, 0.25) is 5.91 Å². The van der Waals surface area contributed by atoms with E-state index in [1.54, 1.807) is 11.8 Å². The molecule has 0 bridgehead atoms. The normalized spacial score (nSPS) is 15.9. The second kappa shape index (κ2) is 9.92. The molecule has 5 heteroatoms. The van der Waals surface area contributed by atoms with E-state index in [9.17, 15) is 4.79 Å². The van der Waals surface area contributed by atoms with E-state index in [-0.39, 0.29) is 11.9 Å². The van der Waals surface area contributed by atoms with Gasteiger partial charge in [-0.05, 0) is 28.5 Å². The second-order valence-corrected chi connectivity index (χ2v) is 8.44. The Hall–Kier alpha value is -2.34. The van der Waals surface area contributed by atoms with Crippen LogP contribution in [0.4, 0.5) is 0 Å². The van der Waals surface area contributed by atoms with E-state index in [1.807, 2.05) is 30.3 Å². The minimum absolute atomic E-state index is 0.0222. The number of hydrogen-bond donors (Lipinski definition) is 2. The molecule has 0 saturated carbocycles. The molecule has 1 aliphatic rings. The van der Waals surface area contributed by atoms with Crippen LogP contribution in [0.1, 0.15) is 11.6 Å². The summed E-state index contributed by atoms with van der Waals surface area (Å²) in [5.41, 5.74) is 1.16. The summed E-state index contributed by atoms with van der Waals surface area (Å²) in [5, 5.41) is 5.69. The van der Waals surface area contributed by atoms with Crippen LogP contribution in [-0.4, -0.2) is 44.5 Å². The van der Waals surface area contributed by atoms with Crippen LogP contribution in [0.25, 0.3) is 10.8 Å². The fraction of sp³-hybridized carbons (Fsp3) is 0.292. The summed E-state index contributed by atoms with van der Waals surface area (Å²) in [7, 11) is 0. The Morgan fingerprint density at radius 3 is 2.48 bits per heavy atom. The zero-order valence-corrected chi connectivity index (χ0v) is 17.3. The third kappa shape index (κ3) is 5.60. The SMILES string of the molecule is O=C(CSc1ccc2ccccc2c1)N[C@@H](C[NH+]1CCOCC1)c1ccccc1. The van der Waals surface area contributed by atoms with Gasteiger partial charge in [0.25, 0.3) is 0 Å². The number of benzene rings is 3. The lowest BCUT2D eigenvalue weighted by atomic mass is 10.1. The maximum absolute atomic E-state index is 12.7. The van der Waals surface area contributed by atoms with E-state index in [2.05, 4.69) is 47.8 Å². The molecule has 1 heterocycles. The molecule has 1 fully saturated rings. The van der Waals surface area contributed by atoms with Crippen molar-refractivity contribution < 1.29 is 14.4 Å². The fourth-order valence-corrected chi connectivity index (χ4v) is 4.49. The molecule has 0 spiro atoms. The third-order valence-corrected chi connectivity index (χ3v) is 6.31. The number of ether oxygens (including phenoxy) is 1. The Kier molecular flexibility index (Phi) is 6.83. The molecule has 0 aromatic heterocycles. The highest BCUT2D eigenvalue weighted by Gasteiger charge is 2.22. The van der Waals surface area contributed by atoms with Crippen molar-refractivity contribution in [2.24, 2.45) is 0 Å². The third-order valence-electron chi connectivity index (χ3n) is 5.32. The summed E-state index contributed by atoms with van der Waals surface area (Å²) in [6, 6.07) is 25.0. The van der Waals surface area contributed by atoms with Crippen LogP contribution < -0.4 is 10.2 Å². The summed E-state index contributed by atoms with van der Waals surface area (Å²) >= 11 is 1.59. The first-order chi connectivity index (χ1) is 14.3. The zero-order chi connectivity index (χ0) is 19.9. The molecule has 0 aliphatic carbocycles. The molecule has 1 atom stereocenters. The summed E-state index contributed by atoms with van der Waals surface area (Å²) in [4.78, 5) is 15.3. The summed E-state index contributed by atoms with van der Waals surface area (Å²) in [6.45, 7) is 4.46. The zero-order valence-electron chi connectivity index (χ0n) is 16.5. The van der Waals surface area contributed by atoms with Gasteiger partial charge < -0.3 is 15.0 Å². The van der Waals surface area contributed by atoms with Crippen molar-refractivity contribution in [2.75, 3.05) is 38.6 Å². The number of fused-ring (bicyclic) bond motifs is 1. The molecule has 1 amide bonds. The molecule has 3 aromatic carbocycles. The van der Waals surface area contributed by atoms with Crippen LogP contribution in [0, 0.1) is 0 Å². The Labute approximate surface area is 176 Å². The van der Waals surface area contributed by atoms with Gasteiger partial charge in [-0.1, -0.05) is 60.7 Å². The Morgan fingerprint density at radius 2 is 1.69 bits per heavy atom. The number of quaternary nitrogens is 1. The lowest BCUT2D eigenvalue weighted by molar-refractivity contribution is -0.909. The Balaban J connectivity index is 1.38. The van der Waals surface area contributed by atoms with Crippen molar-refractivity contribution in [3.63, 3.8) is 0 Å².